The number of rotatable bonds is 1. The molecule has 3 nitrogen and oxygen atoms in total. The zero-order valence-corrected chi connectivity index (χ0v) is 11.5. The van der Waals surface area contributed by atoms with Gasteiger partial charge in [0.15, 0.2) is 0 Å². The maximum atomic E-state index is 12.3. The highest BCUT2D eigenvalue weighted by molar-refractivity contribution is 6.33. The number of amides is 1. The molecule has 1 aromatic carbocycles. The summed E-state index contributed by atoms with van der Waals surface area (Å²) in [4.78, 5) is 14.1. The monoisotopic (exact) mass is 267 g/mol. The lowest BCUT2D eigenvalue weighted by Crippen LogP contribution is -2.41. The molecule has 1 aliphatic rings. The molecule has 1 heterocycles. The summed E-state index contributed by atoms with van der Waals surface area (Å²) in [6.07, 6.45) is 1.99. The number of phenolic OH excluding ortho intramolecular Hbond substituents is 1. The molecule has 4 heteroatoms. The molecule has 1 N–H and O–H groups in total. The summed E-state index contributed by atoms with van der Waals surface area (Å²) < 4.78 is 0. The Morgan fingerprint density at radius 2 is 1.94 bits per heavy atom. The Morgan fingerprint density at radius 1 is 1.33 bits per heavy atom. The van der Waals surface area contributed by atoms with Crippen molar-refractivity contribution in [2.75, 3.05) is 13.1 Å². The molecule has 0 radical (unpaired) electrons. The summed E-state index contributed by atoms with van der Waals surface area (Å²) >= 11 is 6.01. The number of hydrogen-bond donors (Lipinski definition) is 1. The zero-order chi connectivity index (χ0) is 13.3. The van der Waals surface area contributed by atoms with E-state index in [1.165, 1.54) is 12.1 Å². The highest BCUT2D eigenvalue weighted by atomic mass is 35.5. The van der Waals surface area contributed by atoms with Gasteiger partial charge in [-0.15, -0.1) is 0 Å². The number of hydrogen-bond acceptors (Lipinski definition) is 2. The first-order valence-electron chi connectivity index (χ1n) is 6.17. The number of carbonyl (C=O) groups is 1. The van der Waals surface area contributed by atoms with Crippen molar-refractivity contribution in [3.8, 4) is 5.75 Å². The lowest BCUT2D eigenvalue weighted by Gasteiger charge is -2.37. The Morgan fingerprint density at radius 3 is 2.56 bits per heavy atom. The van der Waals surface area contributed by atoms with E-state index in [4.69, 9.17) is 11.6 Å². The second kappa shape index (κ2) is 4.81. The highest BCUT2D eigenvalue weighted by Gasteiger charge is 2.29. The highest BCUT2D eigenvalue weighted by Crippen LogP contribution is 2.31. The molecule has 98 valence electrons. The van der Waals surface area contributed by atoms with E-state index in [9.17, 15) is 9.90 Å². The minimum atomic E-state index is -0.0913. The van der Waals surface area contributed by atoms with Gasteiger partial charge in [-0.3, -0.25) is 4.79 Å². The average molecular weight is 268 g/mol. The van der Waals surface area contributed by atoms with Gasteiger partial charge in [0.05, 0.1) is 10.6 Å². The van der Waals surface area contributed by atoms with Gasteiger partial charge in [0.25, 0.3) is 5.91 Å². The van der Waals surface area contributed by atoms with Gasteiger partial charge in [-0.25, -0.2) is 0 Å². The van der Waals surface area contributed by atoms with Crippen LogP contribution >= 0.6 is 11.6 Å². The van der Waals surface area contributed by atoms with Crippen LogP contribution in [0.3, 0.4) is 0 Å². The maximum Gasteiger partial charge on any atom is 0.255 e. The molecule has 1 aromatic rings. The van der Waals surface area contributed by atoms with E-state index in [0.29, 0.717) is 16.0 Å². The van der Waals surface area contributed by atoms with Crippen molar-refractivity contribution >= 4 is 17.5 Å². The molecule has 0 saturated carbocycles. The molecule has 1 aliphatic heterocycles. The first-order chi connectivity index (χ1) is 8.39. The van der Waals surface area contributed by atoms with Crippen molar-refractivity contribution in [3.63, 3.8) is 0 Å². The van der Waals surface area contributed by atoms with Crippen LogP contribution in [0.2, 0.25) is 5.02 Å². The van der Waals surface area contributed by atoms with Crippen LogP contribution in [0.1, 0.15) is 37.0 Å². The van der Waals surface area contributed by atoms with E-state index in [-0.39, 0.29) is 11.7 Å². The van der Waals surface area contributed by atoms with Crippen molar-refractivity contribution in [3.05, 3.63) is 28.8 Å². The van der Waals surface area contributed by atoms with Gasteiger partial charge in [0, 0.05) is 13.1 Å². The average Bonchev–Trinajstić information content (AvgIpc) is 2.31. The SMILES string of the molecule is CC1(C)CCN(C(=O)c2cc(O)ccc2Cl)CC1. The number of likely N-dealkylation sites (tertiary alicyclic amines) is 1. The summed E-state index contributed by atoms with van der Waals surface area (Å²) in [6.45, 7) is 5.93. The first kappa shape index (κ1) is 13.2. The van der Waals surface area contributed by atoms with Gasteiger partial charge in [-0.2, -0.15) is 0 Å². The molecule has 0 spiro atoms. The van der Waals surface area contributed by atoms with E-state index in [1.807, 2.05) is 4.90 Å². The minimum Gasteiger partial charge on any atom is -0.508 e. The minimum absolute atomic E-state index is 0.0695. The number of aromatic hydroxyl groups is 1. The van der Waals surface area contributed by atoms with Gasteiger partial charge in [-0.05, 0) is 36.5 Å². The lowest BCUT2D eigenvalue weighted by atomic mass is 9.82. The molecule has 1 fully saturated rings. The predicted octanol–water partition coefficient (Wildman–Crippen LogP) is 3.31. The van der Waals surface area contributed by atoms with Crippen molar-refractivity contribution < 1.29 is 9.90 Å². The quantitative estimate of drug-likeness (QED) is 0.848. The number of piperidine rings is 1. The molecule has 0 aliphatic carbocycles. The Balaban J connectivity index is 2.15. The van der Waals surface area contributed by atoms with Gasteiger partial charge < -0.3 is 10.0 Å². The largest absolute Gasteiger partial charge is 0.508 e. The lowest BCUT2D eigenvalue weighted by molar-refractivity contribution is 0.0630. The Bertz CT molecular complexity index is 461. The van der Waals surface area contributed by atoms with Crippen LogP contribution in [-0.2, 0) is 0 Å². The Hall–Kier alpha value is -1.22. The van der Waals surface area contributed by atoms with E-state index >= 15 is 0 Å². The van der Waals surface area contributed by atoms with Crippen LogP contribution < -0.4 is 0 Å². The normalized spacial score (nSPS) is 18.7. The number of halogens is 1. The predicted molar refractivity (Wildman–Crippen MR) is 72.0 cm³/mol. The molecule has 0 atom stereocenters. The fraction of sp³-hybridized carbons (Fsp3) is 0.500. The Kier molecular flexibility index (Phi) is 3.53. The molecule has 0 bridgehead atoms. The van der Waals surface area contributed by atoms with Crippen LogP contribution in [0.5, 0.6) is 5.75 Å². The van der Waals surface area contributed by atoms with Crippen molar-refractivity contribution in [2.24, 2.45) is 5.41 Å². The molecule has 2 rings (SSSR count). The van der Waals surface area contributed by atoms with Crippen molar-refractivity contribution in [1.29, 1.82) is 0 Å². The molecule has 0 unspecified atom stereocenters. The van der Waals surface area contributed by atoms with Crippen LogP contribution in [0, 0.1) is 5.41 Å². The second-order valence-electron chi connectivity index (χ2n) is 5.62. The smallest absolute Gasteiger partial charge is 0.255 e. The summed E-state index contributed by atoms with van der Waals surface area (Å²) in [5.41, 5.74) is 0.690. The van der Waals surface area contributed by atoms with Gasteiger partial charge in [-0.1, -0.05) is 25.4 Å². The summed E-state index contributed by atoms with van der Waals surface area (Å²) in [6, 6.07) is 4.47. The summed E-state index contributed by atoms with van der Waals surface area (Å²) in [5.74, 6) is -0.0218. The Labute approximate surface area is 112 Å². The number of phenols is 1. The zero-order valence-electron chi connectivity index (χ0n) is 10.7. The summed E-state index contributed by atoms with van der Waals surface area (Å²) in [7, 11) is 0. The topological polar surface area (TPSA) is 40.5 Å². The maximum absolute atomic E-state index is 12.3. The van der Waals surface area contributed by atoms with Crippen molar-refractivity contribution in [2.45, 2.75) is 26.7 Å². The third kappa shape index (κ3) is 2.78. The van der Waals surface area contributed by atoms with Crippen LogP contribution in [0.4, 0.5) is 0 Å². The molecule has 18 heavy (non-hydrogen) atoms. The third-order valence-electron chi connectivity index (χ3n) is 3.58. The van der Waals surface area contributed by atoms with Crippen LogP contribution in [0.15, 0.2) is 18.2 Å². The fourth-order valence-corrected chi connectivity index (χ4v) is 2.36. The third-order valence-corrected chi connectivity index (χ3v) is 3.91. The molecule has 1 amide bonds. The molecule has 1 saturated heterocycles. The van der Waals surface area contributed by atoms with E-state index < -0.39 is 0 Å². The molecular weight excluding hydrogens is 250 g/mol. The second-order valence-corrected chi connectivity index (χ2v) is 6.03. The fourth-order valence-electron chi connectivity index (χ4n) is 2.16. The number of benzene rings is 1. The molecular formula is C14H18ClNO2. The first-order valence-corrected chi connectivity index (χ1v) is 6.55. The van der Waals surface area contributed by atoms with Crippen LogP contribution in [-0.4, -0.2) is 29.0 Å². The van der Waals surface area contributed by atoms with E-state index in [2.05, 4.69) is 13.8 Å². The van der Waals surface area contributed by atoms with E-state index in [0.717, 1.165) is 25.9 Å². The number of carbonyl (C=O) groups excluding carboxylic acids is 1. The van der Waals surface area contributed by atoms with Gasteiger partial charge >= 0.3 is 0 Å². The van der Waals surface area contributed by atoms with Gasteiger partial charge in [0.2, 0.25) is 0 Å². The standard InChI is InChI=1S/C14H18ClNO2/c1-14(2)5-7-16(8-6-14)13(18)11-9-10(17)3-4-12(11)15/h3-4,9,17H,5-8H2,1-2H3. The summed E-state index contributed by atoms with van der Waals surface area (Å²) in [5, 5.41) is 9.83. The number of nitrogens with zero attached hydrogens (tertiary/aromatic N) is 1. The van der Waals surface area contributed by atoms with Gasteiger partial charge in [0.1, 0.15) is 5.75 Å². The van der Waals surface area contributed by atoms with E-state index in [1.54, 1.807) is 6.07 Å². The van der Waals surface area contributed by atoms with Crippen LogP contribution in [0.25, 0.3) is 0 Å². The molecule has 0 aromatic heterocycles. The van der Waals surface area contributed by atoms with Crippen molar-refractivity contribution in [1.82, 2.24) is 4.90 Å².